The maximum absolute atomic E-state index is 13.1. The first kappa shape index (κ1) is 15.4. The summed E-state index contributed by atoms with van der Waals surface area (Å²) in [5, 5.41) is 0. The minimum atomic E-state index is -4.21. The molecule has 0 aliphatic carbocycles. The molecule has 0 aromatic rings. The molecule has 0 amide bonds. The third-order valence-corrected chi connectivity index (χ3v) is 7.59. The van der Waals surface area contributed by atoms with Gasteiger partial charge in [-0.15, -0.1) is 0 Å². The molecule has 2 saturated heterocycles. The van der Waals surface area contributed by atoms with Crippen molar-refractivity contribution in [3.05, 3.63) is 0 Å². The van der Waals surface area contributed by atoms with Crippen molar-refractivity contribution in [1.82, 2.24) is 9.34 Å². The van der Waals surface area contributed by atoms with E-state index in [1.54, 1.807) is 16.3 Å². The Morgan fingerprint density at radius 1 is 1.00 bits per heavy atom. The Hall–Kier alpha value is 0.0200. The monoisotopic (exact) mass is 312 g/mol. The highest BCUT2D eigenvalue weighted by atomic mass is 32.3. The summed E-state index contributed by atoms with van der Waals surface area (Å²) in [5.74, 6) is 0. The molecule has 0 aromatic heterocycles. The summed E-state index contributed by atoms with van der Waals surface area (Å²) < 4.78 is 49.3. The van der Waals surface area contributed by atoms with Crippen LogP contribution in [0.5, 0.6) is 0 Å². The van der Waals surface area contributed by atoms with Crippen molar-refractivity contribution < 1.29 is 21.1 Å². The molecule has 0 saturated carbocycles. The molecule has 2 aliphatic heterocycles. The number of rotatable bonds is 6. The highest BCUT2D eigenvalue weighted by molar-refractivity contribution is 7.87. The highest BCUT2D eigenvalue weighted by Gasteiger charge is 2.45. The lowest BCUT2D eigenvalue weighted by Gasteiger charge is -2.32. The van der Waals surface area contributed by atoms with E-state index in [-0.39, 0.29) is 6.61 Å². The molecule has 112 valence electrons. The second kappa shape index (κ2) is 6.20. The number of nitrogens with zero attached hydrogens (tertiary/aromatic N) is 2. The van der Waals surface area contributed by atoms with Crippen LogP contribution in [-0.4, -0.2) is 50.5 Å². The van der Waals surface area contributed by atoms with Crippen LogP contribution in [0.4, 0.5) is 0 Å². The van der Waals surface area contributed by atoms with E-state index >= 15 is 0 Å². The molecule has 0 unspecified atom stereocenters. The summed E-state index contributed by atoms with van der Waals surface area (Å²) in [7, 11) is -7.72. The first-order chi connectivity index (χ1) is 8.98. The lowest BCUT2D eigenvalue weighted by molar-refractivity contribution is 0.257. The Bertz CT molecular complexity index is 423. The van der Waals surface area contributed by atoms with Crippen molar-refractivity contribution in [2.45, 2.75) is 32.6 Å². The van der Waals surface area contributed by atoms with E-state index in [0.717, 1.165) is 25.7 Å². The van der Waals surface area contributed by atoms with Crippen LogP contribution in [0.15, 0.2) is 0 Å². The van der Waals surface area contributed by atoms with Gasteiger partial charge in [-0.2, -0.15) is 12.4 Å². The quantitative estimate of drug-likeness (QED) is 0.689. The van der Waals surface area contributed by atoms with Gasteiger partial charge in [0.1, 0.15) is 0 Å². The topological polar surface area (TPSA) is 76.2 Å². The zero-order valence-electron chi connectivity index (χ0n) is 11.2. The summed E-state index contributed by atoms with van der Waals surface area (Å²) in [6, 6.07) is 0. The summed E-state index contributed by atoms with van der Waals surface area (Å²) >= 11 is 0. The van der Waals surface area contributed by atoms with Crippen LogP contribution in [0.1, 0.15) is 32.6 Å². The Kier molecular flexibility index (Phi) is 5.03. The standard InChI is InChI=1S/C10H21N2O5PS/c1-2-16-19(14,15)17-18(13,11-7-3-4-8-11)12-9-5-6-10-12/h2-10H2,1H3. The van der Waals surface area contributed by atoms with Gasteiger partial charge in [0.05, 0.1) is 6.61 Å². The van der Waals surface area contributed by atoms with E-state index in [0.29, 0.717) is 26.2 Å². The molecule has 9 heteroatoms. The van der Waals surface area contributed by atoms with Gasteiger partial charge in [0, 0.05) is 26.2 Å². The van der Waals surface area contributed by atoms with Gasteiger partial charge >= 0.3 is 18.1 Å². The van der Waals surface area contributed by atoms with Crippen LogP contribution in [0, 0.1) is 0 Å². The predicted octanol–water partition coefficient (Wildman–Crippen LogP) is 1.58. The van der Waals surface area contributed by atoms with E-state index in [9.17, 15) is 13.0 Å². The lowest BCUT2D eigenvalue weighted by atomic mass is 10.4. The fraction of sp³-hybridized carbons (Fsp3) is 1.00. The Balaban J connectivity index is 2.20. The average molecular weight is 312 g/mol. The van der Waals surface area contributed by atoms with Gasteiger partial charge in [0.15, 0.2) is 0 Å². The molecule has 19 heavy (non-hydrogen) atoms. The molecule has 0 spiro atoms. The third-order valence-electron chi connectivity index (χ3n) is 3.33. The van der Waals surface area contributed by atoms with Gasteiger partial charge in [-0.3, -0.25) is 4.57 Å². The lowest BCUT2D eigenvalue weighted by Crippen LogP contribution is -2.31. The summed E-state index contributed by atoms with van der Waals surface area (Å²) in [4.78, 5) is 0. The predicted molar refractivity (Wildman–Crippen MR) is 70.9 cm³/mol. The molecular formula is C10H21N2O5PS. The zero-order chi connectivity index (χ0) is 13.9. The molecule has 0 radical (unpaired) electrons. The normalized spacial score (nSPS) is 23.2. The fourth-order valence-corrected chi connectivity index (χ4v) is 6.57. The van der Waals surface area contributed by atoms with Crippen LogP contribution in [0.3, 0.4) is 0 Å². The molecule has 2 rings (SSSR count). The minimum absolute atomic E-state index is 0.0255. The van der Waals surface area contributed by atoms with E-state index < -0.39 is 18.1 Å². The largest absolute Gasteiger partial charge is 0.407 e. The molecule has 2 aliphatic rings. The molecule has 2 fully saturated rings. The summed E-state index contributed by atoms with van der Waals surface area (Å²) in [5.41, 5.74) is 0. The van der Waals surface area contributed by atoms with Crippen molar-refractivity contribution in [1.29, 1.82) is 0 Å². The highest BCUT2D eigenvalue weighted by Crippen LogP contribution is 2.58. The third kappa shape index (κ3) is 3.56. The Morgan fingerprint density at radius 2 is 1.42 bits per heavy atom. The first-order valence-corrected chi connectivity index (χ1v) is 9.56. The SMILES string of the molecule is CCOS(=O)(=O)OP(=O)(N1CCCC1)N1CCCC1. The van der Waals surface area contributed by atoms with Crippen molar-refractivity contribution in [3.63, 3.8) is 0 Å². The fourth-order valence-electron chi connectivity index (χ4n) is 2.46. The maximum atomic E-state index is 13.1. The molecule has 0 atom stereocenters. The summed E-state index contributed by atoms with van der Waals surface area (Å²) in [6.07, 6.45) is 3.65. The van der Waals surface area contributed by atoms with Crippen LogP contribution in [0.25, 0.3) is 0 Å². The van der Waals surface area contributed by atoms with Gasteiger partial charge in [0.2, 0.25) is 0 Å². The van der Waals surface area contributed by atoms with E-state index in [1.807, 2.05) is 0 Å². The second-order valence-electron chi connectivity index (χ2n) is 4.70. The van der Waals surface area contributed by atoms with Gasteiger partial charge in [-0.05, 0) is 32.6 Å². The molecule has 7 nitrogen and oxygen atoms in total. The Labute approximate surface area is 114 Å². The van der Waals surface area contributed by atoms with E-state index in [2.05, 4.69) is 4.18 Å². The van der Waals surface area contributed by atoms with Crippen molar-refractivity contribution in [3.8, 4) is 0 Å². The van der Waals surface area contributed by atoms with E-state index in [1.165, 1.54) is 0 Å². The van der Waals surface area contributed by atoms with Crippen LogP contribution in [-0.2, 0) is 23.1 Å². The maximum Gasteiger partial charge on any atom is 0.407 e. The van der Waals surface area contributed by atoms with Crippen LogP contribution >= 0.6 is 7.67 Å². The van der Waals surface area contributed by atoms with Crippen LogP contribution < -0.4 is 0 Å². The Morgan fingerprint density at radius 3 is 1.79 bits per heavy atom. The van der Waals surface area contributed by atoms with Gasteiger partial charge < -0.3 is 0 Å². The van der Waals surface area contributed by atoms with E-state index in [4.69, 9.17) is 3.97 Å². The van der Waals surface area contributed by atoms with Crippen molar-refractivity contribution in [2.24, 2.45) is 0 Å². The first-order valence-electron chi connectivity index (χ1n) is 6.69. The zero-order valence-corrected chi connectivity index (χ0v) is 12.9. The van der Waals surface area contributed by atoms with Crippen molar-refractivity contribution >= 4 is 18.1 Å². The van der Waals surface area contributed by atoms with Gasteiger partial charge in [0.25, 0.3) is 0 Å². The van der Waals surface area contributed by atoms with Crippen molar-refractivity contribution in [2.75, 3.05) is 32.8 Å². The average Bonchev–Trinajstić information content (AvgIpc) is 3.02. The molecule has 0 aromatic carbocycles. The van der Waals surface area contributed by atoms with Gasteiger partial charge in [-0.25, -0.2) is 13.5 Å². The summed E-state index contributed by atoms with van der Waals surface area (Å²) in [6.45, 7) is 3.95. The molecule has 0 bridgehead atoms. The minimum Gasteiger partial charge on any atom is -0.254 e. The molecular weight excluding hydrogens is 291 g/mol. The smallest absolute Gasteiger partial charge is 0.254 e. The van der Waals surface area contributed by atoms with Crippen LogP contribution in [0.2, 0.25) is 0 Å². The number of hydrogen-bond acceptors (Lipinski definition) is 5. The molecule has 2 heterocycles. The van der Waals surface area contributed by atoms with Gasteiger partial charge in [-0.1, -0.05) is 0 Å². The second-order valence-corrected chi connectivity index (χ2v) is 8.46. The number of hydrogen-bond donors (Lipinski definition) is 0. The molecule has 0 N–H and O–H groups in total.